The van der Waals surface area contributed by atoms with E-state index in [-0.39, 0.29) is 11.5 Å². The molecule has 1 unspecified atom stereocenters. The van der Waals surface area contributed by atoms with Gasteiger partial charge in [0.15, 0.2) is 0 Å². The van der Waals surface area contributed by atoms with E-state index < -0.39 is 0 Å². The van der Waals surface area contributed by atoms with Crippen LogP contribution in [0.1, 0.15) is 34.6 Å². The Bertz CT molecular complexity index is 173. The first-order valence-corrected chi connectivity index (χ1v) is 5.11. The van der Waals surface area contributed by atoms with Gasteiger partial charge in [-0.2, -0.15) is 0 Å². The molecular weight excluding hydrogens is 162 g/mol. The Morgan fingerprint density at radius 1 is 1.31 bits per heavy atom. The molecule has 1 heterocycles. The summed E-state index contributed by atoms with van der Waals surface area (Å²) in [5.41, 5.74) is 0.483. The number of likely N-dealkylation sites (tertiary alicyclic amines) is 1. The second kappa shape index (κ2) is 3.25. The van der Waals surface area contributed by atoms with Gasteiger partial charge in [-0.25, -0.2) is 0 Å². The van der Waals surface area contributed by atoms with Crippen LogP contribution in [0.4, 0.5) is 0 Å². The fraction of sp³-hybridized carbons (Fsp3) is 1.00. The minimum absolute atomic E-state index is 0.0136. The molecule has 2 nitrogen and oxygen atoms in total. The fourth-order valence-electron chi connectivity index (χ4n) is 1.81. The van der Waals surface area contributed by atoms with Gasteiger partial charge in [0, 0.05) is 19.6 Å². The third-order valence-electron chi connectivity index (χ3n) is 2.73. The molecule has 0 aromatic rings. The van der Waals surface area contributed by atoms with Crippen LogP contribution in [-0.4, -0.2) is 35.7 Å². The predicted molar refractivity (Wildman–Crippen MR) is 55.7 cm³/mol. The van der Waals surface area contributed by atoms with Gasteiger partial charge < -0.3 is 5.11 Å². The highest BCUT2D eigenvalue weighted by atomic mass is 16.3. The highest BCUT2D eigenvalue weighted by Gasteiger charge is 2.36. The van der Waals surface area contributed by atoms with Crippen LogP contribution >= 0.6 is 0 Å². The summed E-state index contributed by atoms with van der Waals surface area (Å²) in [7, 11) is 0. The van der Waals surface area contributed by atoms with Crippen LogP contribution < -0.4 is 0 Å². The monoisotopic (exact) mass is 185 g/mol. The van der Waals surface area contributed by atoms with Crippen molar-refractivity contribution >= 4 is 0 Å². The Balaban J connectivity index is 2.28. The van der Waals surface area contributed by atoms with Crippen LogP contribution in [0.2, 0.25) is 0 Å². The number of aliphatic hydroxyl groups is 1. The summed E-state index contributed by atoms with van der Waals surface area (Å²) in [5.74, 6) is 0. The van der Waals surface area contributed by atoms with E-state index in [9.17, 15) is 5.11 Å². The molecule has 1 rings (SSSR count). The molecule has 78 valence electrons. The largest absolute Gasteiger partial charge is 0.391 e. The molecule has 1 aliphatic heterocycles. The maximum atomic E-state index is 9.85. The van der Waals surface area contributed by atoms with Gasteiger partial charge in [-0.05, 0) is 10.8 Å². The first kappa shape index (κ1) is 11.0. The fourth-order valence-corrected chi connectivity index (χ4v) is 1.81. The standard InChI is InChI=1S/C11H23NO/c1-10(2,3)9(13)6-12-7-11(4,5)8-12/h9,13H,6-8H2,1-5H3. The average Bonchev–Trinajstić information content (AvgIpc) is 1.80. The molecule has 1 atom stereocenters. The second-order valence-corrected chi connectivity index (χ2v) is 6.22. The van der Waals surface area contributed by atoms with Gasteiger partial charge in [0.2, 0.25) is 0 Å². The van der Waals surface area contributed by atoms with Crippen molar-refractivity contribution in [2.75, 3.05) is 19.6 Å². The van der Waals surface area contributed by atoms with Crippen molar-refractivity contribution < 1.29 is 5.11 Å². The zero-order valence-corrected chi connectivity index (χ0v) is 9.59. The highest BCUT2D eigenvalue weighted by Crippen LogP contribution is 2.30. The quantitative estimate of drug-likeness (QED) is 0.708. The molecular formula is C11H23NO. The van der Waals surface area contributed by atoms with Crippen molar-refractivity contribution in [3.63, 3.8) is 0 Å². The second-order valence-electron chi connectivity index (χ2n) is 6.22. The van der Waals surface area contributed by atoms with E-state index in [1.165, 1.54) is 0 Å². The molecule has 1 fully saturated rings. The van der Waals surface area contributed by atoms with Crippen LogP contribution in [0, 0.1) is 10.8 Å². The maximum Gasteiger partial charge on any atom is 0.0715 e. The molecule has 0 aliphatic carbocycles. The minimum atomic E-state index is -0.205. The Morgan fingerprint density at radius 2 is 1.77 bits per heavy atom. The predicted octanol–water partition coefficient (Wildman–Crippen LogP) is 1.74. The topological polar surface area (TPSA) is 23.5 Å². The number of nitrogens with zero attached hydrogens (tertiary/aromatic N) is 1. The van der Waals surface area contributed by atoms with Gasteiger partial charge in [-0.1, -0.05) is 34.6 Å². The summed E-state index contributed by atoms with van der Waals surface area (Å²) in [6.07, 6.45) is -0.205. The van der Waals surface area contributed by atoms with Crippen molar-refractivity contribution in [1.29, 1.82) is 0 Å². The molecule has 0 spiro atoms. The Hall–Kier alpha value is -0.0800. The maximum absolute atomic E-state index is 9.85. The molecule has 0 aromatic carbocycles. The number of hydrogen-bond acceptors (Lipinski definition) is 2. The van der Waals surface area contributed by atoms with Crippen molar-refractivity contribution in [2.24, 2.45) is 10.8 Å². The first-order chi connectivity index (χ1) is 5.71. The van der Waals surface area contributed by atoms with E-state index in [2.05, 4.69) is 39.5 Å². The van der Waals surface area contributed by atoms with E-state index in [1.807, 2.05) is 0 Å². The van der Waals surface area contributed by atoms with Crippen LogP contribution in [0.15, 0.2) is 0 Å². The molecule has 1 N–H and O–H groups in total. The third kappa shape index (κ3) is 2.96. The number of β-amino-alcohol motifs (C(OH)–C–C–N with tert-alkyl or cyclic N) is 1. The highest BCUT2D eigenvalue weighted by molar-refractivity contribution is 4.90. The minimum Gasteiger partial charge on any atom is -0.391 e. The summed E-state index contributed by atoms with van der Waals surface area (Å²) >= 11 is 0. The number of hydrogen-bond donors (Lipinski definition) is 1. The zero-order chi connectivity index (χ0) is 10.3. The summed E-state index contributed by atoms with van der Waals surface area (Å²) in [6, 6.07) is 0. The van der Waals surface area contributed by atoms with Crippen molar-refractivity contribution in [3.8, 4) is 0 Å². The molecule has 0 amide bonds. The molecule has 2 heteroatoms. The van der Waals surface area contributed by atoms with Crippen molar-refractivity contribution in [2.45, 2.75) is 40.7 Å². The van der Waals surface area contributed by atoms with Crippen molar-refractivity contribution in [1.82, 2.24) is 4.90 Å². The lowest BCUT2D eigenvalue weighted by Crippen LogP contribution is -2.56. The van der Waals surface area contributed by atoms with Gasteiger partial charge in [-0.3, -0.25) is 4.90 Å². The van der Waals surface area contributed by atoms with Crippen LogP contribution in [0.3, 0.4) is 0 Å². The van der Waals surface area contributed by atoms with Crippen molar-refractivity contribution in [3.05, 3.63) is 0 Å². The summed E-state index contributed by atoms with van der Waals surface area (Å²) in [5, 5.41) is 9.85. The Labute approximate surface area is 81.9 Å². The molecule has 0 bridgehead atoms. The van der Waals surface area contributed by atoms with Gasteiger partial charge in [-0.15, -0.1) is 0 Å². The van der Waals surface area contributed by atoms with E-state index in [0.29, 0.717) is 5.41 Å². The van der Waals surface area contributed by atoms with Crippen LogP contribution in [0.5, 0.6) is 0 Å². The lowest BCUT2D eigenvalue weighted by atomic mass is 9.82. The van der Waals surface area contributed by atoms with Crippen LogP contribution in [-0.2, 0) is 0 Å². The lowest BCUT2D eigenvalue weighted by Gasteiger charge is -2.47. The van der Waals surface area contributed by atoms with Gasteiger partial charge in [0.1, 0.15) is 0 Å². The Kier molecular flexibility index (Phi) is 2.75. The summed E-state index contributed by atoms with van der Waals surface area (Å²) in [6.45, 7) is 13.9. The van der Waals surface area contributed by atoms with Gasteiger partial charge in [0.25, 0.3) is 0 Å². The SMILES string of the molecule is CC1(C)CN(CC(O)C(C)(C)C)C1. The lowest BCUT2D eigenvalue weighted by molar-refractivity contribution is -0.0364. The first-order valence-electron chi connectivity index (χ1n) is 5.11. The Morgan fingerprint density at radius 3 is 2.08 bits per heavy atom. The number of rotatable bonds is 2. The molecule has 1 aliphatic rings. The van der Waals surface area contributed by atoms with E-state index in [4.69, 9.17) is 0 Å². The zero-order valence-electron chi connectivity index (χ0n) is 9.59. The molecule has 1 saturated heterocycles. The van der Waals surface area contributed by atoms with E-state index >= 15 is 0 Å². The molecule has 13 heavy (non-hydrogen) atoms. The summed E-state index contributed by atoms with van der Waals surface area (Å²) < 4.78 is 0. The van der Waals surface area contributed by atoms with Crippen LogP contribution in [0.25, 0.3) is 0 Å². The normalized spacial score (nSPS) is 25.4. The third-order valence-corrected chi connectivity index (χ3v) is 2.73. The number of aliphatic hydroxyl groups excluding tert-OH is 1. The van der Waals surface area contributed by atoms with E-state index in [0.717, 1.165) is 19.6 Å². The van der Waals surface area contributed by atoms with Gasteiger partial charge >= 0.3 is 0 Å². The van der Waals surface area contributed by atoms with Gasteiger partial charge in [0.05, 0.1) is 6.10 Å². The molecule has 0 saturated carbocycles. The van der Waals surface area contributed by atoms with E-state index in [1.54, 1.807) is 0 Å². The average molecular weight is 185 g/mol. The smallest absolute Gasteiger partial charge is 0.0715 e. The molecule has 0 radical (unpaired) electrons. The summed E-state index contributed by atoms with van der Waals surface area (Å²) in [4.78, 5) is 2.33. The molecule has 0 aromatic heterocycles.